The lowest BCUT2D eigenvalue weighted by molar-refractivity contribution is -0.105. The maximum Gasteiger partial charge on any atom is 0.213 e. The standard InChI is InChI=1S/C16H12N2O2S/c1-10(20)11-3-2-4-12(7-11)13-5-6-14-15(8-13)21-16(18-14)17-9-19/h2-9H,1H3,(H,17,18,19). The highest BCUT2D eigenvalue weighted by atomic mass is 32.1. The second-order valence-electron chi connectivity index (χ2n) is 4.60. The summed E-state index contributed by atoms with van der Waals surface area (Å²) in [5, 5.41) is 3.14. The number of anilines is 1. The molecule has 1 heterocycles. The molecule has 3 aromatic rings. The van der Waals surface area contributed by atoms with Crippen molar-refractivity contribution in [1.82, 2.24) is 4.98 Å². The van der Waals surface area contributed by atoms with Crippen molar-refractivity contribution in [3.05, 3.63) is 48.0 Å². The number of hydrogen-bond acceptors (Lipinski definition) is 4. The molecule has 104 valence electrons. The van der Waals surface area contributed by atoms with Crippen LogP contribution in [0.25, 0.3) is 21.3 Å². The van der Waals surface area contributed by atoms with E-state index in [-0.39, 0.29) is 5.78 Å². The molecule has 1 aromatic heterocycles. The van der Waals surface area contributed by atoms with Crippen LogP contribution in [0.1, 0.15) is 17.3 Å². The minimum Gasteiger partial charge on any atom is -0.305 e. The number of fused-ring (bicyclic) bond motifs is 1. The zero-order valence-corrected chi connectivity index (χ0v) is 12.1. The molecule has 1 N–H and O–H groups in total. The van der Waals surface area contributed by atoms with Gasteiger partial charge >= 0.3 is 0 Å². The molecule has 0 aliphatic rings. The lowest BCUT2D eigenvalue weighted by Gasteiger charge is -2.03. The van der Waals surface area contributed by atoms with Crippen LogP contribution >= 0.6 is 11.3 Å². The van der Waals surface area contributed by atoms with Crippen molar-refractivity contribution in [2.75, 3.05) is 5.32 Å². The largest absolute Gasteiger partial charge is 0.305 e. The third kappa shape index (κ3) is 2.68. The number of carbonyl (C=O) groups is 2. The molecule has 0 saturated carbocycles. The van der Waals surface area contributed by atoms with Gasteiger partial charge in [0.15, 0.2) is 10.9 Å². The summed E-state index contributed by atoms with van der Waals surface area (Å²) in [6.45, 7) is 1.56. The fraction of sp³-hybridized carbons (Fsp3) is 0.0625. The van der Waals surface area contributed by atoms with Gasteiger partial charge in [0.25, 0.3) is 0 Å². The fourth-order valence-electron chi connectivity index (χ4n) is 2.13. The maximum absolute atomic E-state index is 11.5. The van der Waals surface area contributed by atoms with Crippen molar-refractivity contribution < 1.29 is 9.59 Å². The molecule has 4 nitrogen and oxygen atoms in total. The van der Waals surface area contributed by atoms with Gasteiger partial charge in [-0.1, -0.05) is 35.6 Å². The summed E-state index contributed by atoms with van der Waals surface area (Å²) >= 11 is 1.42. The predicted octanol–water partition coefficient (Wildman–Crippen LogP) is 3.73. The van der Waals surface area contributed by atoms with Gasteiger partial charge in [-0.25, -0.2) is 4.98 Å². The molecule has 5 heteroatoms. The quantitative estimate of drug-likeness (QED) is 0.589. The van der Waals surface area contributed by atoms with Crippen LogP contribution in [0.5, 0.6) is 0 Å². The van der Waals surface area contributed by atoms with Crippen molar-refractivity contribution in [2.45, 2.75) is 6.92 Å². The SMILES string of the molecule is CC(=O)c1cccc(-c2ccc3nc(NC=O)sc3c2)c1. The summed E-state index contributed by atoms with van der Waals surface area (Å²) in [6.07, 6.45) is 0.620. The molecule has 0 fully saturated rings. The lowest BCUT2D eigenvalue weighted by atomic mass is 10.0. The first kappa shape index (κ1) is 13.5. The number of amides is 1. The number of rotatable bonds is 4. The normalized spacial score (nSPS) is 10.5. The minimum absolute atomic E-state index is 0.0492. The number of carbonyl (C=O) groups excluding carboxylic acids is 2. The monoisotopic (exact) mass is 296 g/mol. The fourth-order valence-corrected chi connectivity index (χ4v) is 3.00. The number of thiazole rings is 1. The summed E-state index contributed by atoms with van der Waals surface area (Å²) in [5.74, 6) is 0.0492. The van der Waals surface area contributed by atoms with Gasteiger partial charge in [0.2, 0.25) is 6.41 Å². The number of Topliss-reactive ketones (excluding diaryl/α,β-unsaturated/α-hetero) is 1. The van der Waals surface area contributed by atoms with Crippen LogP contribution in [0.15, 0.2) is 42.5 Å². The van der Waals surface area contributed by atoms with E-state index in [0.717, 1.165) is 21.3 Å². The van der Waals surface area contributed by atoms with E-state index in [1.54, 1.807) is 6.92 Å². The Bertz CT molecular complexity index is 839. The number of nitrogens with one attached hydrogen (secondary N) is 1. The van der Waals surface area contributed by atoms with Gasteiger partial charge in [0.1, 0.15) is 0 Å². The molecule has 0 unspecified atom stereocenters. The molecule has 0 atom stereocenters. The molecule has 0 bridgehead atoms. The molecule has 1 amide bonds. The highest BCUT2D eigenvalue weighted by Crippen LogP contribution is 2.30. The summed E-state index contributed by atoms with van der Waals surface area (Å²) in [6, 6.07) is 13.4. The Hall–Kier alpha value is -2.53. The summed E-state index contributed by atoms with van der Waals surface area (Å²) in [5.41, 5.74) is 3.55. The van der Waals surface area contributed by atoms with Crippen LogP contribution in [0.3, 0.4) is 0 Å². The highest BCUT2D eigenvalue weighted by molar-refractivity contribution is 7.22. The Morgan fingerprint density at radius 1 is 1.19 bits per heavy atom. The van der Waals surface area contributed by atoms with Crippen molar-refractivity contribution >= 4 is 38.9 Å². The van der Waals surface area contributed by atoms with E-state index in [1.807, 2.05) is 42.5 Å². The minimum atomic E-state index is 0.0492. The van der Waals surface area contributed by atoms with Gasteiger partial charge in [0, 0.05) is 5.56 Å². The van der Waals surface area contributed by atoms with E-state index in [9.17, 15) is 9.59 Å². The van der Waals surface area contributed by atoms with Crippen LogP contribution in [0.2, 0.25) is 0 Å². The second kappa shape index (κ2) is 5.46. The third-order valence-electron chi connectivity index (χ3n) is 3.17. The van der Waals surface area contributed by atoms with E-state index < -0.39 is 0 Å². The van der Waals surface area contributed by atoms with Crippen LogP contribution in [-0.2, 0) is 4.79 Å². The molecular formula is C16H12N2O2S. The van der Waals surface area contributed by atoms with E-state index in [0.29, 0.717) is 17.1 Å². The maximum atomic E-state index is 11.5. The number of aromatic nitrogens is 1. The van der Waals surface area contributed by atoms with Crippen molar-refractivity contribution in [3.63, 3.8) is 0 Å². The summed E-state index contributed by atoms with van der Waals surface area (Å²) in [4.78, 5) is 26.2. The van der Waals surface area contributed by atoms with Crippen molar-refractivity contribution in [3.8, 4) is 11.1 Å². The van der Waals surface area contributed by atoms with E-state index in [4.69, 9.17) is 0 Å². The molecule has 0 spiro atoms. The topological polar surface area (TPSA) is 59.1 Å². The van der Waals surface area contributed by atoms with Crippen molar-refractivity contribution in [2.24, 2.45) is 0 Å². The smallest absolute Gasteiger partial charge is 0.213 e. The summed E-state index contributed by atoms with van der Waals surface area (Å²) < 4.78 is 0.991. The first-order valence-corrected chi connectivity index (χ1v) is 7.21. The Morgan fingerprint density at radius 3 is 2.76 bits per heavy atom. The average molecular weight is 296 g/mol. The Kier molecular flexibility index (Phi) is 3.50. The van der Waals surface area contributed by atoms with Crippen molar-refractivity contribution in [1.29, 1.82) is 0 Å². The first-order valence-electron chi connectivity index (χ1n) is 6.39. The number of hydrogen-bond donors (Lipinski definition) is 1. The van der Waals surface area contributed by atoms with Crippen LogP contribution in [-0.4, -0.2) is 17.2 Å². The lowest BCUT2D eigenvalue weighted by Crippen LogP contribution is -1.91. The van der Waals surface area contributed by atoms with Gasteiger partial charge in [-0.05, 0) is 36.2 Å². The number of nitrogens with zero attached hydrogens (tertiary/aromatic N) is 1. The van der Waals surface area contributed by atoms with Gasteiger partial charge in [0.05, 0.1) is 10.2 Å². The molecule has 0 saturated heterocycles. The van der Waals surface area contributed by atoms with Crippen LogP contribution < -0.4 is 5.32 Å². The van der Waals surface area contributed by atoms with Crippen LogP contribution in [0, 0.1) is 0 Å². The molecule has 0 aliphatic heterocycles. The third-order valence-corrected chi connectivity index (χ3v) is 4.12. The van der Waals surface area contributed by atoms with E-state index in [2.05, 4.69) is 10.3 Å². The highest BCUT2D eigenvalue weighted by Gasteiger charge is 2.07. The molecule has 2 aromatic carbocycles. The van der Waals surface area contributed by atoms with E-state index >= 15 is 0 Å². The molecule has 0 aliphatic carbocycles. The number of benzene rings is 2. The summed E-state index contributed by atoms with van der Waals surface area (Å²) in [7, 11) is 0. The van der Waals surface area contributed by atoms with Gasteiger partial charge < -0.3 is 5.32 Å². The van der Waals surface area contributed by atoms with Gasteiger partial charge in [-0.3, -0.25) is 9.59 Å². The molecule has 0 radical (unpaired) electrons. The first-order chi connectivity index (χ1) is 10.2. The average Bonchev–Trinajstić information content (AvgIpc) is 2.89. The zero-order chi connectivity index (χ0) is 14.8. The molecular weight excluding hydrogens is 284 g/mol. The van der Waals surface area contributed by atoms with E-state index in [1.165, 1.54) is 11.3 Å². The van der Waals surface area contributed by atoms with Gasteiger partial charge in [-0.15, -0.1) is 0 Å². The van der Waals surface area contributed by atoms with Crippen LogP contribution in [0.4, 0.5) is 5.13 Å². The second-order valence-corrected chi connectivity index (χ2v) is 5.63. The predicted molar refractivity (Wildman–Crippen MR) is 84.7 cm³/mol. The molecule has 3 rings (SSSR count). The number of ketones is 1. The zero-order valence-electron chi connectivity index (χ0n) is 11.3. The Labute approximate surface area is 125 Å². The molecule has 21 heavy (non-hydrogen) atoms. The van der Waals surface area contributed by atoms with Gasteiger partial charge in [-0.2, -0.15) is 0 Å². The Morgan fingerprint density at radius 2 is 2.00 bits per heavy atom. The Balaban J connectivity index is 2.06.